The van der Waals surface area contributed by atoms with Gasteiger partial charge in [0.15, 0.2) is 0 Å². The number of nitrogens with one attached hydrogen (secondary N) is 1. The van der Waals surface area contributed by atoms with Crippen LogP contribution >= 0.6 is 0 Å². The van der Waals surface area contributed by atoms with Crippen molar-refractivity contribution in [3.8, 4) is 0 Å². The second-order valence-electron chi connectivity index (χ2n) is 5.23. The number of rotatable bonds is 3. The number of nitrogens with zero attached hydrogens (tertiary/aromatic N) is 1. The van der Waals surface area contributed by atoms with Crippen molar-refractivity contribution >= 4 is 23.1 Å². The number of carbonyl (C=O) groups excluding carboxylic acids is 2. The van der Waals surface area contributed by atoms with Crippen LogP contribution in [0.5, 0.6) is 0 Å². The summed E-state index contributed by atoms with van der Waals surface area (Å²) in [5.41, 5.74) is 4.41. The van der Waals surface area contributed by atoms with Gasteiger partial charge in [0.1, 0.15) is 0 Å². The van der Waals surface area contributed by atoms with Crippen molar-refractivity contribution < 1.29 is 9.59 Å². The first-order chi connectivity index (χ1) is 10.1. The fourth-order valence-electron chi connectivity index (χ4n) is 2.58. The molecule has 0 bridgehead atoms. The average molecular weight is 280 g/mol. The Kier molecular flexibility index (Phi) is 3.22. The SMILES string of the molecule is Cc1ccc(NCN2C(=O)C(=O)c3ccccc32)c(C)c1. The summed E-state index contributed by atoms with van der Waals surface area (Å²) in [5, 5.41) is 3.23. The maximum atomic E-state index is 12.1. The van der Waals surface area contributed by atoms with Gasteiger partial charge in [0.05, 0.1) is 17.9 Å². The Hall–Kier alpha value is -2.62. The molecule has 1 amide bonds. The van der Waals surface area contributed by atoms with Crippen molar-refractivity contribution in [2.45, 2.75) is 13.8 Å². The third kappa shape index (κ3) is 2.29. The number of ketones is 1. The number of fused-ring (bicyclic) bond motifs is 1. The van der Waals surface area contributed by atoms with Crippen LogP contribution in [-0.2, 0) is 4.79 Å². The standard InChI is InChI=1S/C17H16N2O2/c1-11-7-8-14(12(2)9-11)18-10-19-15-6-4-3-5-13(15)16(20)17(19)21/h3-9,18H,10H2,1-2H3. The van der Waals surface area contributed by atoms with Gasteiger partial charge >= 0.3 is 5.91 Å². The third-order valence-electron chi connectivity index (χ3n) is 3.69. The number of hydrogen-bond donors (Lipinski definition) is 1. The van der Waals surface area contributed by atoms with E-state index in [1.165, 1.54) is 10.5 Å². The minimum absolute atomic E-state index is 0.283. The molecule has 3 rings (SSSR count). The second-order valence-corrected chi connectivity index (χ2v) is 5.23. The molecule has 4 nitrogen and oxygen atoms in total. The van der Waals surface area contributed by atoms with Crippen LogP contribution in [0, 0.1) is 13.8 Å². The lowest BCUT2D eigenvalue weighted by atomic mass is 10.1. The maximum Gasteiger partial charge on any atom is 0.300 e. The first kappa shape index (κ1) is 13.4. The Bertz CT molecular complexity index is 737. The van der Waals surface area contributed by atoms with Crippen molar-refractivity contribution in [3.05, 3.63) is 59.2 Å². The Morgan fingerprint density at radius 1 is 1.05 bits per heavy atom. The van der Waals surface area contributed by atoms with Crippen molar-refractivity contribution in [2.24, 2.45) is 0 Å². The van der Waals surface area contributed by atoms with E-state index in [0.717, 1.165) is 11.3 Å². The van der Waals surface area contributed by atoms with Gasteiger partial charge < -0.3 is 5.32 Å². The van der Waals surface area contributed by atoms with Crippen LogP contribution in [0.25, 0.3) is 0 Å². The maximum absolute atomic E-state index is 12.1. The molecule has 0 fully saturated rings. The number of aryl methyl sites for hydroxylation is 2. The Morgan fingerprint density at radius 3 is 2.57 bits per heavy atom. The molecule has 0 atom stereocenters. The van der Waals surface area contributed by atoms with E-state index in [1.54, 1.807) is 18.2 Å². The van der Waals surface area contributed by atoms with Crippen molar-refractivity contribution in [1.29, 1.82) is 0 Å². The topological polar surface area (TPSA) is 49.4 Å². The largest absolute Gasteiger partial charge is 0.367 e. The molecule has 1 aliphatic heterocycles. The molecule has 0 saturated carbocycles. The lowest BCUT2D eigenvalue weighted by Gasteiger charge is -2.19. The smallest absolute Gasteiger partial charge is 0.300 e. The highest BCUT2D eigenvalue weighted by molar-refractivity contribution is 6.52. The molecular formula is C17H16N2O2. The van der Waals surface area contributed by atoms with Crippen LogP contribution in [-0.4, -0.2) is 18.4 Å². The van der Waals surface area contributed by atoms with Crippen LogP contribution in [0.3, 0.4) is 0 Å². The van der Waals surface area contributed by atoms with Gasteiger partial charge in [-0.15, -0.1) is 0 Å². The fourth-order valence-corrected chi connectivity index (χ4v) is 2.58. The van der Waals surface area contributed by atoms with Gasteiger partial charge in [0.2, 0.25) is 0 Å². The molecule has 0 unspecified atom stereocenters. The number of hydrogen-bond acceptors (Lipinski definition) is 3. The predicted molar refractivity (Wildman–Crippen MR) is 82.7 cm³/mol. The van der Waals surface area contributed by atoms with Gasteiger partial charge in [-0.1, -0.05) is 29.8 Å². The summed E-state index contributed by atoms with van der Waals surface area (Å²) in [6.07, 6.45) is 0. The lowest BCUT2D eigenvalue weighted by molar-refractivity contribution is -0.114. The zero-order valence-electron chi connectivity index (χ0n) is 12.0. The molecular weight excluding hydrogens is 264 g/mol. The molecule has 2 aromatic carbocycles. The molecule has 1 N–H and O–H groups in total. The first-order valence-corrected chi connectivity index (χ1v) is 6.84. The summed E-state index contributed by atoms with van der Waals surface area (Å²) in [5.74, 6) is -0.915. The van der Waals surface area contributed by atoms with Crippen LogP contribution in [0.2, 0.25) is 0 Å². The van der Waals surface area contributed by atoms with Gasteiger partial charge in [-0.05, 0) is 37.6 Å². The number of benzene rings is 2. The molecule has 1 heterocycles. The normalized spacial score (nSPS) is 13.5. The molecule has 0 spiro atoms. The van der Waals surface area contributed by atoms with E-state index in [9.17, 15) is 9.59 Å². The number of Topliss-reactive ketones (excluding diaryl/α,β-unsaturated/α-hetero) is 1. The Balaban J connectivity index is 1.82. The van der Waals surface area contributed by atoms with E-state index in [-0.39, 0.29) is 6.67 Å². The second kappa shape index (κ2) is 5.05. The first-order valence-electron chi connectivity index (χ1n) is 6.84. The molecule has 21 heavy (non-hydrogen) atoms. The van der Waals surface area contributed by atoms with Crippen molar-refractivity contribution in [1.82, 2.24) is 0 Å². The molecule has 0 aromatic heterocycles. The van der Waals surface area contributed by atoms with Gasteiger partial charge in [-0.25, -0.2) is 0 Å². The summed E-state index contributed by atoms with van der Waals surface area (Å²) in [4.78, 5) is 25.5. The summed E-state index contributed by atoms with van der Waals surface area (Å²) >= 11 is 0. The molecule has 1 aliphatic rings. The fraction of sp³-hybridized carbons (Fsp3) is 0.176. The molecule has 0 saturated heterocycles. The molecule has 4 heteroatoms. The third-order valence-corrected chi connectivity index (χ3v) is 3.69. The number of carbonyl (C=O) groups is 2. The van der Waals surface area contributed by atoms with E-state index >= 15 is 0 Å². The minimum Gasteiger partial charge on any atom is -0.367 e. The Morgan fingerprint density at radius 2 is 1.81 bits per heavy atom. The van der Waals surface area contributed by atoms with Crippen LogP contribution in [0.1, 0.15) is 21.5 Å². The monoisotopic (exact) mass is 280 g/mol. The quantitative estimate of drug-likeness (QED) is 0.879. The van der Waals surface area contributed by atoms with Gasteiger partial charge in [0.25, 0.3) is 5.78 Å². The summed E-state index contributed by atoms with van der Waals surface area (Å²) in [7, 11) is 0. The highest BCUT2D eigenvalue weighted by atomic mass is 16.2. The molecule has 106 valence electrons. The highest BCUT2D eigenvalue weighted by Gasteiger charge is 2.35. The van der Waals surface area contributed by atoms with Crippen LogP contribution in [0.15, 0.2) is 42.5 Å². The summed E-state index contributed by atoms with van der Waals surface area (Å²) < 4.78 is 0. The summed E-state index contributed by atoms with van der Waals surface area (Å²) in [6.45, 7) is 4.33. The lowest BCUT2D eigenvalue weighted by Crippen LogP contribution is -2.34. The Labute approximate surface area is 123 Å². The molecule has 2 aromatic rings. The highest BCUT2D eigenvalue weighted by Crippen LogP contribution is 2.28. The van der Waals surface area contributed by atoms with Crippen molar-refractivity contribution in [2.75, 3.05) is 16.9 Å². The van der Waals surface area contributed by atoms with E-state index in [2.05, 4.69) is 11.4 Å². The summed E-state index contributed by atoms with van der Waals surface area (Å²) in [6, 6.07) is 13.2. The van der Waals surface area contributed by atoms with Gasteiger partial charge in [0, 0.05) is 5.69 Å². The molecule has 0 aliphatic carbocycles. The van der Waals surface area contributed by atoms with E-state index in [0.29, 0.717) is 11.3 Å². The van der Waals surface area contributed by atoms with E-state index in [4.69, 9.17) is 0 Å². The van der Waals surface area contributed by atoms with E-state index in [1.807, 2.05) is 32.0 Å². The average Bonchev–Trinajstić information content (AvgIpc) is 2.71. The number of amides is 1. The number of para-hydroxylation sites is 1. The zero-order chi connectivity index (χ0) is 15.0. The van der Waals surface area contributed by atoms with Crippen LogP contribution in [0.4, 0.5) is 11.4 Å². The predicted octanol–water partition coefficient (Wildman–Crippen LogP) is 2.90. The zero-order valence-corrected chi connectivity index (χ0v) is 12.0. The molecule has 0 radical (unpaired) electrons. The number of anilines is 2. The van der Waals surface area contributed by atoms with E-state index < -0.39 is 11.7 Å². The van der Waals surface area contributed by atoms with Gasteiger partial charge in [-0.3, -0.25) is 14.5 Å². The van der Waals surface area contributed by atoms with Crippen molar-refractivity contribution in [3.63, 3.8) is 0 Å². The minimum atomic E-state index is -0.478. The van der Waals surface area contributed by atoms with Crippen LogP contribution < -0.4 is 10.2 Å². The van der Waals surface area contributed by atoms with Gasteiger partial charge in [-0.2, -0.15) is 0 Å².